The standard InChI is InChI=1S/C46H38N4/c1-27-11-16-42-35(21-27)36-22-28(2)12-17-43(36)49(42)41-10-8-7-9-34(41)39-26-33(40-25-31(5)47-32(6)48-40)15-20-46(39)50-44-18-13-29(3)23-37(44)38-24-30(4)14-19-45(38)50/h7-26H,1-6H3. The Labute approximate surface area is 292 Å². The molecule has 0 aliphatic rings. The SMILES string of the molecule is Cc1ccc2c(c1)c1cc(C)ccc1n2-c1ccccc1-c1cc(-c2cc(C)nc(C)n2)ccc1-n1c2ccc(C)cc2c2cc(C)ccc21. The van der Waals surface area contributed by atoms with E-state index >= 15 is 0 Å². The van der Waals surface area contributed by atoms with Gasteiger partial charge in [-0.25, -0.2) is 9.97 Å². The summed E-state index contributed by atoms with van der Waals surface area (Å²) >= 11 is 0. The number of aryl methyl sites for hydroxylation is 6. The van der Waals surface area contributed by atoms with Crippen LogP contribution in [0.1, 0.15) is 33.8 Å². The van der Waals surface area contributed by atoms with Gasteiger partial charge in [-0.3, -0.25) is 0 Å². The lowest BCUT2D eigenvalue weighted by Gasteiger charge is -2.20. The van der Waals surface area contributed by atoms with Crippen LogP contribution >= 0.6 is 0 Å². The molecule has 0 aliphatic heterocycles. The van der Waals surface area contributed by atoms with Crippen molar-refractivity contribution in [1.82, 2.24) is 19.1 Å². The van der Waals surface area contributed by atoms with Crippen molar-refractivity contribution < 1.29 is 0 Å². The van der Waals surface area contributed by atoms with Gasteiger partial charge in [-0.2, -0.15) is 0 Å². The summed E-state index contributed by atoms with van der Waals surface area (Å²) in [4.78, 5) is 9.48. The van der Waals surface area contributed by atoms with Crippen LogP contribution in [0.25, 0.3) is 77.4 Å². The summed E-state index contributed by atoms with van der Waals surface area (Å²) in [6.07, 6.45) is 0. The van der Waals surface area contributed by atoms with Crippen molar-refractivity contribution in [1.29, 1.82) is 0 Å². The molecule has 0 bridgehead atoms. The third-order valence-corrected chi connectivity index (χ3v) is 10.1. The van der Waals surface area contributed by atoms with Gasteiger partial charge in [0.05, 0.1) is 39.1 Å². The number of hydrogen-bond donors (Lipinski definition) is 0. The summed E-state index contributed by atoms with van der Waals surface area (Å²) < 4.78 is 4.90. The predicted octanol–water partition coefficient (Wildman–Crippen LogP) is 11.9. The lowest BCUT2D eigenvalue weighted by molar-refractivity contribution is 1.02. The van der Waals surface area contributed by atoms with Gasteiger partial charge >= 0.3 is 0 Å². The molecule has 0 saturated carbocycles. The zero-order valence-electron chi connectivity index (χ0n) is 29.3. The van der Waals surface area contributed by atoms with Crippen molar-refractivity contribution in [2.45, 2.75) is 41.5 Å². The third-order valence-electron chi connectivity index (χ3n) is 10.1. The maximum absolute atomic E-state index is 4.90. The fourth-order valence-corrected chi connectivity index (χ4v) is 7.89. The van der Waals surface area contributed by atoms with Crippen LogP contribution in [-0.4, -0.2) is 19.1 Å². The van der Waals surface area contributed by atoms with E-state index in [1.165, 1.54) is 65.9 Å². The quantitative estimate of drug-likeness (QED) is 0.191. The number of aromatic nitrogens is 4. The first kappa shape index (κ1) is 30.1. The fraction of sp³-hybridized carbons (Fsp3) is 0.130. The van der Waals surface area contributed by atoms with Gasteiger partial charge in [0.15, 0.2) is 0 Å². The number of fused-ring (bicyclic) bond motifs is 6. The smallest absolute Gasteiger partial charge is 0.126 e. The minimum Gasteiger partial charge on any atom is -0.309 e. The summed E-state index contributed by atoms with van der Waals surface area (Å²) in [5, 5.41) is 5.07. The molecule has 0 fully saturated rings. The summed E-state index contributed by atoms with van der Waals surface area (Å²) in [6.45, 7) is 12.7. The highest BCUT2D eigenvalue weighted by Crippen LogP contribution is 2.42. The average Bonchev–Trinajstić information content (AvgIpc) is 3.58. The van der Waals surface area contributed by atoms with E-state index in [2.05, 4.69) is 163 Å². The first-order valence-corrected chi connectivity index (χ1v) is 17.3. The molecule has 4 heteroatoms. The van der Waals surface area contributed by atoms with Crippen molar-refractivity contribution in [2.24, 2.45) is 0 Å². The molecular formula is C46H38N4. The Morgan fingerprint density at radius 1 is 0.400 bits per heavy atom. The first-order valence-electron chi connectivity index (χ1n) is 17.3. The summed E-state index contributed by atoms with van der Waals surface area (Å²) in [5.74, 6) is 0.773. The van der Waals surface area contributed by atoms with E-state index in [-0.39, 0.29) is 0 Å². The molecule has 0 saturated heterocycles. The van der Waals surface area contributed by atoms with Crippen molar-refractivity contribution in [2.75, 3.05) is 0 Å². The second-order valence-corrected chi connectivity index (χ2v) is 13.9. The van der Waals surface area contributed by atoms with E-state index in [4.69, 9.17) is 4.98 Å². The van der Waals surface area contributed by atoms with E-state index in [0.29, 0.717) is 0 Å². The van der Waals surface area contributed by atoms with Gasteiger partial charge in [-0.15, -0.1) is 0 Å². The maximum Gasteiger partial charge on any atom is 0.126 e. The highest BCUT2D eigenvalue weighted by molar-refractivity contribution is 6.12. The van der Waals surface area contributed by atoms with Crippen LogP contribution in [0.3, 0.4) is 0 Å². The molecule has 3 heterocycles. The summed E-state index contributed by atoms with van der Waals surface area (Å²) in [5.41, 5.74) is 17.3. The predicted molar refractivity (Wildman–Crippen MR) is 210 cm³/mol. The van der Waals surface area contributed by atoms with Gasteiger partial charge in [-0.1, -0.05) is 70.8 Å². The molecule has 0 spiro atoms. The lowest BCUT2D eigenvalue weighted by Crippen LogP contribution is -2.02. The normalized spacial score (nSPS) is 11.8. The Bertz CT molecular complexity index is 2690. The minimum atomic E-state index is 0.773. The zero-order valence-corrected chi connectivity index (χ0v) is 29.3. The highest BCUT2D eigenvalue weighted by atomic mass is 15.0. The van der Waals surface area contributed by atoms with Crippen LogP contribution in [0.5, 0.6) is 0 Å². The van der Waals surface area contributed by atoms with Crippen LogP contribution in [0.2, 0.25) is 0 Å². The van der Waals surface area contributed by atoms with Crippen LogP contribution in [0.4, 0.5) is 0 Å². The molecule has 4 nitrogen and oxygen atoms in total. The van der Waals surface area contributed by atoms with Gasteiger partial charge in [0.2, 0.25) is 0 Å². The van der Waals surface area contributed by atoms with Crippen molar-refractivity contribution >= 4 is 43.6 Å². The first-order chi connectivity index (χ1) is 24.2. The van der Waals surface area contributed by atoms with E-state index < -0.39 is 0 Å². The van der Waals surface area contributed by atoms with Gasteiger partial charge in [0.25, 0.3) is 0 Å². The number of para-hydroxylation sites is 1. The van der Waals surface area contributed by atoms with Crippen LogP contribution in [0.15, 0.2) is 121 Å². The molecule has 6 aromatic carbocycles. The van der Waals surface area contributed by atoms with E-state index in [1.54, 1.807) is 0 Å². The second-order valence-electron chi connectivity index (χ2n) is 13.9. The zero-order chi connectivity index (χ0) is 34.3. The molecule has 0 aliphatic carbocycles. The molecule has 9 rings (SSSR count). The molecule has 242 valence electrons. The molecule has 0 radical (unpaired) electrons. The molecule has 0 N–H and O–H groups in total. The van der Waals surface area contributed by atoms with E-state index in [1.807, 2.05) is 13.8 Å². The Balaban J connectivity index is 1.41. The summed E-state index contributed by atoms with van der Waals surface area (Å²) in [7, 11) is 0. The topological polar surface area (TPSA) is 35.6 Å². The largest absolute Gasteiger partial charge is 0.309 e. The fourth-order valence-electron chi connectivity index (χ4n) is 7.89. The van der Waals surface area contributed by atoms with Crippen LogP contribution < -0.4 is 0 Å². The van der Waals surface area contributed by atoms with E-state index in [9.17, 15) is 0 Å². The minimum absolute atomic E-state index is 0.773. The van der Waals surface area contributed by atoms with Gasteiger partial charge in [-0.05, 0) is 114 Å². The van der Waals surface area contributed by atoms with E-state index in [0.717, 1.165) is 45.3 Å². The van der Waals surface area contributed by atoms with Gasteiger partial charge in [0.1, 0.15) is 5.82 Å². The van der Waals surface area contributed by atoms with Crippen molar-refractivity contribution in [3.05, 3.63) is 155 Å². The number of benzene rings is 6. The van der Waals surface area contributed by atoms with Crippen molar-refractivity contribution in [3.8, 4) is 33.8 Å². The Kier molecular flexibility index (Phi) is 6.79. The number of hydrogen-bond acceptors (Lipinski definition) is 2. The Hall–Kier alpha value is -6.00. The maximum atomic E-state index is 4.90. The molecule has 0 amide bonds. The molecule has 9 aromatic rings. The van der Waals surface area contributed by atoms with Crippen LogP contribution in [0, 0.1) is 41.5 Å². The molecular weight excluding hydrogens is 609 g/mol. The Morgan fingerprint density at radius 3 is 1.34 bits per heavy atom. The number of nitrogens with zero attached hydrogens (tertiary/aromatic N) is 4. The summed E-state index contributed by atoms with van der Waals surface area (Å²) in [6, 6.07) is 45.1. The van der Waals surface area contributed by atoms with Gasteiger partial charge in [0, 0.05) is 43.9 Å². The molecule has 0 atom stereocenters. The number of rotatable bonds is 4. The molecule has 50 heavy (non-hydrogen) atoms. The third kappa shape index (κ3) is 4.74. The average molecular weight is 647 g/mol. The van der Waals surface area contributed by atoms with Gasteiger partial charge < -0.3 is 9.13 Å². The van der Waals surface area contributed by atoms with Crippen LogP contribution in [-0.2, 0) is 0 Å². The molecule has 3 aromatic heterocycles. The monoisotopic (exact) mass is 646 g/mol. The lowest BCUT2D eigenvalue weighted by atomic mass is 9.97. The highest BCUT2D eigenvalue weighted by Gasteiger charge is 2.21. The second kappa shape index (κ2) is 11.3. The Morgan fingerprint density at radius 2 is 0.860 bits per heavy atom. The van der Waals surface area contributed by atoms with Crippen molar-refractivity contribution in [3.63, 3.8) is 0 Å². The molecule has 0 unspecified atom stereocenters.